The summed E-state index contributed by atoms with van der Waals surface area (Å²) in [6, 6.07) is 10.5. The molecule has 0 radical (unpaired) electrons. The third-order valence-corrected chi connectivity index (χ3v) is 4.66. The van der Waals surface area contributed by atoms with Gasteiger partial charge in [0.25, 0.3) is 5.91 Å². The third-order valence-electron chi connectivity index (χ3n) is 4.66. The van der Waals surface area contributed by atoms with Crippen molar-refractivity contribution in [3.8, 4) is 0 Å². The van der Waals surface area contributed by atoms with E-state index in [1.54, 1.807) is 6.20 Å². The minimum absolute atomic E-state index is 0.188. The molecule has 6 nitrogen and oxygen atoms in total. The second kappa shape index (κ2) is 8.18. The van der Waals surface area contributed by atoms with Crippen molar-refractivity contribution in [3.05, 3.63) is 60.2 Å². The smallest absolute Gasteiger partial charge is 0.271 e. The molecule has 2 N–H and O–H groups in total. The van der Waals surface area contributed by atoms with E-state index in [1.165, 1.54) is 18.0 Å². The number of hydrogen-bond acceptors (Lipinski definition) is 5. The maximum Gasteiger partial charge on any atom is 0.271 e. The van der Waals surface area contributed by atoms with E-state index in [2.05, 4.69) is 39.7 Å². The van der Waals surface area contributed by atoms with Gasteiger partial charge in [0, 0.05) is 43.7 Å². The molecule has 132 valence electrons. The van der Waals surface area contributed by atoms with E-state index in [0.717, 1.165) is 12.8 Å². The molecule has 2 heterocycles. The van der Waals surface area contributed by atoms with Crippen LogP contribution in [0.25, 0.3) is 0 Å². The molecule has 0 saturated carbocycles. The Morgan fingerprint density at radius 3 is 2.68 bits per heavy atom. The van der Waals surface area contributed by atoms with Crippen LogP contribution in [-0.4, -0.2) is 41.2 Å². The summed E-state index contributed by atoms with van der Waals surface area (Å²) in [5, 5.41) is 6.73. The van der Waals surface area contributed by atoms with Crippen molar-refractivity contribution in [1.29, 1.82) is 0 Å². The standard InChI is InChI=1S/C19H24N4O2/c1-15(16-5-3-2-4-6-16)23-19(7-11-25-12-8-19)14-22-18(24)17-13-20-9-10-21-17/h2-6,9-10,13,15,23H,7-8,11-12,14H2,1H3,(H,22,24)/t15-/m1/s1. The van der Waals surface area contributed by atoms with Crippen molar-refractivity contribution >= 4 is 5.91 Å². The van der Waals surface area contributed by atoms with Crippen molar-refractivity contribution < 1.29 is 9.53 Å². The predicted octanol–water partition coefficient (Wildman–Crippen LogP) is 2.11. The summed E-state index contributed by atoms with van der Waals surface area (Å²) in [6.45, 7) is 4.06. The van der Waals surface area contributed by atoms with Crippen LogP contribution >= 0.6 is 0 Å². The maximum atomic E-state index is 12.3. The monoisotopic (exact) mass is 340 g/mol. The normalized spacial score (nSPS) is 17.6. The van der Waals surface area contributed by atoms with E-state index >= 15 is 0 Å². The molecule has 1 atom stereocenters. The minimum Gasteiger partial charge on any atom is -0.381 e. The van der Waals surface area contributed by atoms with E-state index in [0.29, 0.717) is 25.5 Å². The van der Waals surface area contributed by atoms with Crippen LogP contribution < -0.4 is 10.6 Å². The largest absolute Gasteiger partial charge is 0.381 e. The van der Waals surface area contributed by atoms with Crippen LogP contribution in [-0.2, 0) is 4.74 Å². The first-order valence-corrected chi connectivity index (χ1v) is 8.63. The summed E-state index contributed by atoms with van der Waals surface area (Å²) in [5.41, 5.74) is 1.38. The molecule has 1 aliphatic heterocycles. The molecule has 0 aliphatic carbocycles. The van der Waals surface area contributed by atoms with Crippen LogP contribution in [0.1, 0.15) is 41.9 Å². The Morgan fingerprint density at radius 2 is 2.00 bits per heavy atom. The Morgan fingerprint density at radius 1 is 1.24 bits per heavy atom. The van der Waals surface area contributed by atoms with Crippen molar-refractivity contribution in [2.45, 2.75) is 31.3 Å². The van der Waals surface area contributed by atoms with Gasteiger partial charge in [-0.05, 0) is 25.3 Å². The number of benzene rings is 1. The number of amides is 1. The van der Waals surface area contributed by atoms with Gasteiger partial charge in [-0.15, -0.1) is 0 Å². The van der Waals surface area contributed by atoms with Gasteiger partial charge in [-0.2, -0.15) is 0 Å². The summed E-state index contributed by atoms with van der Waals surface area (Å²) >= 11 is 0. The van der Waals surface area contributed by atoms with Gasteiger partial charge in [0.15, 0.2) is 0 Å². The van der Waals surface area contributed by atoms with Crippen molar-refractivity contribution in [2.75, 3.05) is 19.8 Å². The van der Waals surface area contributed by atoms with Crippen molar-refractivity contribution in [2.24, 2.45) is 0 Å². The van der Waals surface area contributed by atoms with Crippen LogP contribution in [0.2, 0.25) is 0 Å². The van der Waals surface area contributed by atoms with E-state index in [9.17, 15) is 4.79 Å². The van der Waals surface area contributed by atoms with Crippen LogP contribution in [0.3, 0.4) is 0 Å². The zero-order valence-corrected chi connectivity index (χ0v) is 14.4. The molecule has 0 bridgehead atoms. The van der Waals surface area contributed by atoms with Gasteiger partial charge in [0.1, 0.15) is 5.69 Å². The maximum absolute atomic E-state index is 12.3. The number of nitrogens with one attached hydrogen (secondary N) is 2. The molecular formula is C19H24N4O2. The van der Waals surface area contributed by atoms with Gasteiger partial charge in [0.2, 0.25) is 0 Å². The fourth-order valence-corrected chi connectivity index (χ4v) is 3.17. The van der Waals surface area contributed by atoms with Gasteiger partial charge in [-0.1, -0.05) is 30.3 Å². The zero-order valence-electron chi connectivity index (χ0n) is 14.4. The molecule has 0 unspecified atom stereocenters. The van der Waals surface area contributed by atoms with Crippen molar-refractivity contribution in [3.63, 3.8) is 0 Å². The van der Waals surface area contributed by atoms with E-state index in [4.69, 9.17) is 4.74 Å². The lowest BCUT2D eigenvalue weighted by molar-refractivity contribution is 0.0332. The van der Waals surface area contributed by atoms with Gasteiger partial charge in [0.05, 0.1) is 6.20 Å². The molecule has 1 aromatic carbocycles. The summed E-state index contributed by atoms with van der Waals surface area (Å²) in [4.78, 5) is 20.3. The van der Waals surface area contributed by atoms with E-state index < -0.39 is 0 Å². The van der Waals surface area contributed by atoms with E-state index in [-0.39, 0.29) is 17.5 Å². The molecule has 1 aromatic heterocycles. The molecule has 1 saturated heterocycles. The fourth-order valence-electron chi connectivity index (χ4n) is 3.17. The van der Waals surface area contributed by atoms with E-state index in [1.807, 2.05) is 18.2 Å². The molecule has 0 spiro atoms. The highest BCUT2D eigenvalue weighted by Gasteiger charge is 2.34. The van der Waals surface area contributed by atoms with Gasteiger partial charge < -0.3 is 15.4 Å². The number of carbonyl (C=O) groups is 1. The molecular weight excluding hydrogens is 316 g/mol. The van der Waals surface area contributed by atoms with Gasteiger partial charge >= 0.3 is 0 Å². The Hall–Kier alpha value is -2.31. The zero-order chi connectivity index (χ0) is 17.5. The first kappa shape index (κ1) is 17.5. The molecule has 2 aromatic rings. The summed E-state index contributed by atoms with van der Waals surface area (Å²) in [5.74, 6) is -0.201. The van der Waals surface area contributed by atoms with Gasteiger partial charge in [-0.25, -0.2) is 4.98 Å². The Kier molecular flexibility index (Phi) is 5.73. The molecule has 6 heteroatoms. The molecule has 1 fully saturated rings. The minimum atomic E-state index is -0.201. The highest BCUT2D eigenvalue weighted by atomic mass is 16.5. The highest BCUT2D eigenvalue weighted by Crippen LogP contribution is 2.25. The predicted molar refractivity (Wildman–Crippen MR) is 95.1 cm³/mol. The molecule has 1 amide bonds. The number of rotatable bonds is 6. The average molecular weight is 340 g/mol. The van der Waals surface area contributed by atoms with Crippen LogP contribution in [0.15, 0.2) is 48.9 Å². The topological polar surface area (TPSA) is 76.1 Å². The molecule has 3 rings (SSSR count). The first-order valence-electron chi connectivity index (χ1n) is 8.63. The number of hydrogen-bond donors (Lipinski definition) is 2. The second-order valence-corrected chi connectivity index (χ2v) is 6.44. The second-order valence-electron chi connectivity index (χ2n) is 6.44. The third kappa shape index (κ3) is 4.61. The Balaban J connectivity index is 1.67. The Bertz CT molecular complexity index is 672. The average Bonchev–Trinajstić information content (AvgIpc) is 2.68. The SMILES string of the molecule is C[C@@H](NC1(CNC(=O)c2cnccn2)CCOCC1)c1ccccc1. The summed E-state index contributed by atoms with van der Waals surface area (Å²) < 4.78 is 5.53. The van der Waals surface area contributed by atoms with Crippen molar-refractivity contribution in [1.82, 2.24) is 20.6 Å². The lowest BCUT2D eigenvalue weighted by atomic mass is 9.88. The fraction of sp³-hybridized carbons (Fsp3) is 0.421. The summed E-state index contributed by atoms with van der Waals surface area (Å²) in [6.07, 6.45) is 6.26. The Labute approximate surface area is 148 Å². The highest BCUT2D eigenvalue weighted by molar-refractivity contribution is 5.91. The molecule has 25 heavy (non-hydrogen) atoms. The van der Waals surface area contributed by atoms with Crippen LogP contribution in [0.4, 0.5) is 0 Å². The molecule has 1 aliphatic rings. The summed E-state index contributed by atoms with van der Waals surface area (Å²) in [7, 11) is 0. The lowest BCUT2D eigenvalue weighted by Gasteiger charge is -2.40. The van der Waals surface area contributed by atoms with Crippen LogP contribution in [0, 0.1) is 0 Å². The quantitative estimate of drug-likeness (QED) is 0.842. The number of ether oxygens (including phenoxy) is 1. The van der Waals surface area contributed by atoms with Crippen LogP contribution in [0.5, 0.6) is 0 Å². The number of nitrogens with zero attached hydrogens (tertiary/aromatic N) is 2. The number of carbonyl (C=O) groups excluding carboxylic acids is 1. The number of aromatic nitrogens is 2. The first-order chi connectivity index (χ1) is 12.2. The van der Waals surface area contributed by atoms with Gasteiger partial charge in [-0.3, -0.25) is 9.78 Å². The lowest BCUT2D eigenvalue weighted by Crippen LogP contribution is -2.57.